The number of non-ortho nitro benzene ring substituents is 1. The van der Waals surface area contributed by atoms with Gasteiger partial charge < -0.3 is 19.9 Å². The minimum absolute atomic E-state index is 0.0489. The van der Waals surface area contributed by atoms with Gasteiger partial charge in [-0.3, -0.25) is 15.2 Å². The van der Waals surface area contributed by atoms with Gasteiger partial charge in [0.05, 0.1) is 30.7 Å². The first-order valence-electron chi connectivity index (χ1n) is 8.86. The summed E-state index contributed by atoms with van der Waals surface area (Å²) < 4.78 is 16.4. The molecule has 0 aliphatic heterocycles. The van der Waals surface area contributed by atoms with E-state index in [0.29, 0.717) is 35.5 Å². The number of nitro groups is 1. The maximum Gasteiger partial charge on any atom is 0.273 e. The standard InChI is InChI=1S/C19H21N5O5/c1-3-28-15-8-7-12(9-16(15)27-2)18(20)19-21-17(22-23-19)11-29-14-6-4-5-13(10-14)24(25)26/h4-10,18H,3,11,20H2,1-2H3,(H,21,22,23)/t18-/m0/s1. The van der Waals surface area contributed by atoms with Crippen LogP contribution in [0.5, 0.6) is 17.2 Å². The topological polar surface area (TPSA) is 138 Å². The van der Waals surface area contributed by atoms with E-state index in [2.05, 4.69) is 15.2 Å². The summed E-state index contributed by atoms with van der Waals surface area (Å²) in [6.07, 6.45) is 0. The predicted octanol–water partition coefficient (Wildman–Crippen LogP) is 2.75. The highest BCUT2D eigenvalue weighted by Gasteiger charge is 2.17. The van der Waals surface area contributed by atoms with E-state index < -0.39 is 11.0 Å². The quantitative estimate of drug-likeness (QED) is 0.414. The lowest BCUT2D eigenvalue weighted by atomic mass is 10.1. The Kier molecular flexibility index (Phi) is 6.25. The Hall–Kier alpha value is -3.66. The van der Waals surface area contributed by atoms with E-state index in [4.69, 9.17) is 19.9 Å². The summed E-state index contributed by atoms with van der Waals surface area (Å²) in [4.78, 5) is 14.7. The molecule has 3 N–H and O–H groups in total. The lowest BCUT2D eigenvalue weighted by Crippen LogP contribution is -2.14. The van der Waals surface area contributed by atoms with Crippen LogP contribution in [0.15, 0.2) is 42.5 Å². The minimum atomic E-state index is -0.581. The van der Waals surface area contributed by atoms with E-state index in [1.165, 1.54) is 12.1 Å². The first kappa shape index (κ1) is 20.1. The van der Waals surface area contributed by atoms with E-state index in [9.17, 15) is 10.1 Å². The Balaban J connectivity index is 1.69. The van der Waals surface area contributed by atoms with Gasteiger partial charge in [0.1, 0.15) is 12.4 Å². The molecule has 0 radical (unpaired) electrons. The maximum atomic E-state index is 10.8. The average molecular weight is 399 g/mol. The second kappa shape index (κ2) is 9.02. The van der Waals surface area contributed by atoms with E-state index in [1.54, 1.807) is 31.4 Å². The average Bonchev–Trinajstić information content (AvgIpc) is 3.21. The molecule has 0 bridgehead atoms. The highest BCUT2D eigenvalue weighted by atomic mass is 16.6. The molecule has 0 amide bonds. The monoisotopic (exact) mass is 399 g/mol. The van der Waals surface area contributed by atoms with Crippen LogP contribution in [-0.4, -0.2) is 33.8 Å². The van der Waals surface area contributed by atoms with Crippen molar-refractivity contribution in [2.45, 2.75) is 19.6 Å². The summed E-state index contributed by atoms with van der Waals surface area (Å²) in [5.41, 5.74) is 6.99. The minimum Gasteiger partial charge on any atom is -0.493 e. The van der Waals surface area contributed by atoms with Gasteiger partial charge in [0.2, 0.25) is 0 Å². The number of hydrogen-bond acceptors (Lipinski definition) is 8. The van der Waals surface area contributed by atoms with Crippen molar-refractivity contribution in [2.75, 3.05) is 13.7 Å². The molecule has 10 nitrogen and oxygen atoms in total. The van der Waals surface area contributed by atoms with Gasteiger partial charge in [-0.05, 0) is 30.7 Å². The number of rotatable bonds is 9. The Morgan fingerprint density at radius 1 is 1.21 bits per heavy atom. The molecule has 1 atom stereocenters. The Bertz CT molecular complexity index is 991. The zero-order chi connectivity index (χ0) is 20.8. The molecule has 0 spiro atoms. The fourth-order valence-electron chi connectivity index (χ4n) is 2.65. The van der Waals surface area contributed by atoms with Gasteiger partial charge in [0, 0.05) is 6.07 Å². The van der Waals surface area contributed by atoms with E-state index in [-0.39, 0.29) is 12.3 Å². The fraction of sp³-hybridized carbons (Fsp3) is 0.263. The lowest BCUT2D eigenvalue weighted by Gasteiger charge is -2.13. The number of hydrogen-bond donors (Lipinski definition) is 2. The van der Waals surface area contributed by atoms with Gasteiger partial charge in [0.25, 0.3) is 5.69 Å². The second-order valence-corrected chi connectivity index (χ2v) is 6.00. The summed E-state index contributed by atoms with van der Waals surface area (Å²) in [7, 11) is 1.56. The molecule has 0 aliphatic rings. The van der Waals surface area contributed by atoms with Crippen molar-refractivity contribution >= 4 is 5.69 Å². The van der Waals surface area contributed by atoms with Crippen LogP contribution in [0.4, 0.5) is 5.69 Å². The van der Waals surface area contributed by atoms with Crippen molar-refractivity contribution in [3.8, 4) is 17.2 Å². The van der Waals surface area contributed by atoms with Gasteiger partial charge in [0.15, 0.2) is 23.1 Å². The van der Waals surface area contributed by atoms with Gasteiger partial charge >= 0.3 is 0 Å². The largest absolute Gasteiger partial charge is 0.493 e. The molecule has 0 saturated carbocycles. The van der Waals surface area contributed by atoms with Gasteiger partial charge in [-0.1, -0.05) is 12.1 Å². The molecule has 152 valence electrons. The lowest BCUT2D eigenvalue weighted by molar-refractivity contribution is -0.384. The van der Waals surface area contributed by atoms with Crippen LogP contribution in [0.3, 0.4) is 0 Å². The van der Waals surface area contributed by atoms with Crippen molar-refractivity contribution in [3.63, 3.8) is 0 Å². The van der Waals surface area contributed by atoms with Crippen LogP contribution in [0.25, 0.3) is 0 Å². The first-order chi connectivity index (χ1) is 14.0. The zero-order valence-electron chi connectivity index (χ0n) is 16.0. The smallest absolute Gasteiger partial charge is 0.273 e. The number of aromatic nitrogens is 3. The number of nitrogens with two attached hydrogens (primary N) is 1. The molecule has 0 aliphatic carbocycles. The number of nitrogens with zero attached hydrogens (tertiary/aromatic N) is 3. The molecule has 1 heterocycles. The maximum absolute atomic E-state index is 10.8. The third-order valence-corrected chi connectivity index (χ3v) is 4.08. The molecule has 2 aromatic carbocycles. The zero-order valence-corrected chi connectivity index (χ0v) is 16.0. The molecule has 0 unspecified atom stereocenters. The highest BCUT2D eigenvalue weighted by Crippen LogP contribution is 2.31. The van der Waals surface area contributed by atoms with Crippen molar-refractivity contribution < 1.29 is 19.1 Å². The van der Waals surface area contributed by atoms with Crippen molar-refractivity contribution in [1.82, 2.24) is 15.2 Å². The number of methoxy groups -OCH3 is 1. The second-order valence-electron chi connectivity index (χ2n) is 6.00. The third-order valence-electron chi connectivity index (χ3n) is 4.08. The number of H-pyrrole nitrogens is 1. The Morgan fingerprint density at radius 3 is 2.76 bits per heavy atom. The normalized spacial score (nSPS) is 11.7. The molecule has 1 aromatic heterocycles. The number of aromatic amines is 1. The van der Waals surface area contributed by atoms with Gasteiger partial charge in [-0.25, -0.2) is 4.98 Å². The summed E-state index contributed by atoms with van der Waals surface area (Å²) in [5, 5.41) is 17.7. The molecular formula is C19H21N5O5. The SMILES string of the molecule is CCOc1ccc([C@H](N)c2n[nH]c(COc3cccc([N+](=O)[O-])c3)n2)cc1OC. The van der Waals surface area contributed by atoms with Crippen LogP contribution in [0.2, 0.25) is 0 Å². The number of benzene rings is 2. The van der Waals surface area contributed by atoms with E-state index in [1.807, 2.05) is 13.0 Å². The van der Waals surface area contributed by atoms with Crippen molar-refractivity contribution in [1.29, 1.82) is 0 Å². The van der Waals surface area contributed by atoms with E-state index in [0.717, 1.165) is 5.56 Å². The molecule has 3 aromatic rings. The van der Waals surface area contributed by atoms with E-state index >= 15 is 0 Å². The van der Waals surface area contributed by atoms with Crippen molar-refractivity contribution in [3.05, 3.63) is 69.8 Å². The number of ether oxygens (including phenoxy) is 3. The van der Waals surface area contributed by atoms with Gasteiger partial charge in [-0.15, -0.1) is 0 Å². The van der Waals surface area contributed by atoms with Crippen LogP contribution in [0.1, 0.15) is 30.2 Å². The first-order valence-corrected chi connectivity index (χ1v) is 8.86. The number of nitrogens with one attached hydrogen (secondary N) is 1. The molecule has 10 heteroatoms. The molecule has 0 fully saturated rings. The summed E-state index contributed by atoms with van der Waals surface area (Å²) >= 11 is 0. The fourth-order valence-corrected chi connectivity index (χ4v) is 2.65. The van der Waals surface area contributed by atoms with Crippen LogP contribution in [-0.2, 0) is 6.61 Å². The molecule has 3 rings (SSSR count). The predicted molar refractivity (Wildman–Crippen MR) is 104 cm³/mol. The molecule has 29 heavy (non-hydrogen) atoms. The van der Waals surface area contributed by atoms with Crippen LogP contribution < -0.4 is 19.9 Å². The molecular weight excluding hydrogens is 378 g/mol. The Labute approximate surface area is 166 Å². The van der Waals surface area contributed by atoms with Gasteiger partial charge in [-0.2, -0.15) is 5.10 Å². The highest BCUT2D eigenvalue weighted by molar-refractivity contribution is 5.44. The summed E-state index contributed by atoms with van der Waals surface area (Å²) in [5.74, 6) is 2.39. The summed E-state index contributed by atoms with van der Waals surface area (Å²) in [6, 6.07) is 10.7. The Morgan fingerprint density at radius 2 is 2.03 bits per heavy atom. The molecule has 0 saturated heterocycles. The van der Waals surface area contributed by atoms with Crippen molar-refractivity contribution in [2.24, 2.45) is 5.73 Å². The number of nitro benzene ring substituents is 1. The van der Waals surface area contributed by atoms with Crippen LogP contribution >= 0.6 is 0 Å². The van der Waals surface area contributed by atoms with Crippen LogP contribution in [0, 0.1) is 10.1 Å². The summed E-state index contributed by atoms with van der Waals surface area (Å²) in [6.45, 7) is 2.48. The third kappa shape index (κ3) is 4.79.